The van der Waals surface area contributed by atoms with E-state index < -0.39 is 5.54 Å². The third kappa shape index (κ3) is 4.21. The zero-order chi connectivity index (χ0) is 15.3. The molecule has 0 radical (unpaired) electrons. The largest absolute Gasteiger partial charge is 0.496 e. The molecule has 0 aliphatic rings. The number of carbonyl (C=O) groups excluding carboxylic acids is 1. The fourth-order valence-corrected chi connectivity index (χ4v) is 2.26. The number of hydrogen-bond donors (Lipinski definition) is 2. The molecular weight excluding hydrogens is 320 g/mol. The molecule has 0 bridgehead atoms. The van der Waals surface area contributed by atoms with Crippen LogP contribution in [0.15, 0.2) is 22.7 Å². The monoisotopic (exact) mass is 342 g/mol. The number of nitrogens with two attached hydrogens (primary N) is 1. The van der Waals surface area contributed by atoms with Crippen LogP contribution in [0.25, 0.3) is 0 Å². The van der Waals surface area contributed by atoms with E-state index in [2.05, 4.69) is 21.2 Å². The van der Waals surface area contributed by atoms with Crippen molar-refractivity contribution in [1.29, 1.82) is 0 Å². The second kappa shape index (κ2) is 7.09. The molecule has 112 valence electrons. The van der Waals surface area contributed by atoms with Gasteiger partial charge in [-0.1, -0.05) is 29.8 Å². The number of nitrogens with one attached hydrogen (secondary N) is 1. The Morgan fingerprint density at radius 1 is 1.50 bits per heavy atom. The summed E-state index contributed by atoms with van der Waals surface area (Å²) in [4.78, 5) is 12.2. The summed E-state index contributed by atoms with van der Waals surface area (Å²) in [7, 11) is 1.60. The van der Waals surface area contributed by atoms with E-state index in [9.17, 15) is 4.79 Å². The van der Waals surface area contributed by atoms with Crippen LogP contribution in [0, 0.1) is 5.92 Å². The van der Waals surface area contributed by atoms with Gasteiger partial charge in [0, 0.05) is 16.6 Å². The second-order valence-corrected chi connectivity index (χ2v) is 6.37. The molecule has 0 spiro atoms. The highest BCUT2D eigenvalue weighted by Gasteiger charge is 2.28. The molecule has 1 unspecified atom stereocenters. The number of halogens is 1. The Kier molecular flexibility index (Phi) is 6.02. The molecule has 0 aliphatic heterocycles. The van der Waals surface area contributed by atoms with Gasteiger partial charge in [-0.2, -0.15) is 0 Å². The van der Waals surface area contributed by atoms with Gasteiger partial charge >= 0.3 is 0 Å². The molecule has 1 amide bonds. The van der Waals surface area contributed by atoms with Gasteiger partial charge in [0.1, 0.15) is 5.75 Å². The van der Waals surface area contributed by atoms with Crippen molar-refractivity contribution in [2.45, 2.75) is 32.7 Å². The first-order chi connectivity index (χ1) is 9.32. The van der Waals surface area contributed by atoms with Crippen molar-refractivity contribution in [3.8, 4) is 5.75 Å². The second-order valence-electron chi connectivity index (χ2n) is 5.46. The average Bonchev–Trinajstić information content (AvgIpc) is 2.38. The summed E-state index contributed by atoms with van der Waals surface area (Å²) in [6.45, 7) is 6.47. The van der Waals surface area contributed by atoms with Crippen LogP contribution >= 0.6 is 15.9 Å². The summed E-state index contributed by atoms with van der Waals surface area (Å²) in [5.74, 6) is 0.922. The lowest BCUT2D eigenvalue weighted by Crippen LogP contribution is -2.55. The quantitative estimate of drug-likeness (QED) is 0.834. The van der Waals surface area contributed by atoms with Crippen molar-refractivity contribution in [2.24, 2.45) is 11.7 Å². The van der Waals surface area contributed by atoms with Crippen LogP contribution in [0.2, 0.25) is 0 Å². The number of rotatable bonds is 6. The summed E-state index contributed by atoms with van der Waals surface area (Å²) >= 11 is 3.41. The molecule has 5 heteroatoms. The Balaban J connectivity index is 2.83. The fraction of sp³-hybridized carbons (Fsp3) is 0.533. The summed E-state index contributed by atoms with van der Waals surface area (Å²) < 4.78 is 6.20. The first-order valence-corrected chi connectivity index (χ1v) is 7.45. The van der Waals surface area contributed by atoms with E-state index in [1.807, 2.05) is 39.0 Å². The van der Waals surface area contributed by atoms with E-state index in [4.69, 9.17) is 10.5 Å². The first-order valence-electron chi connectivity index (χ1n) is 6.66. The molecular formula is C15H23BrN2O2. The molecule has 0 aliphatic carbocycles. The SMILES string of the molecule is COc1ccc(Br)cc1CC(=O)NC(C)(CN)C(C)C. The minimum absolute atomic E-state index is 0.0527. The molecule has 1 aromatic carbocycles. The Bertz CT molecular complexity index is 477. The highest BCUT2D eigenvalue weighted by atomic mass is 79.9. The number of amides is 1. The van der Waals surface area contributed by atoms with Crippen molar-refractivity contribution in [3.63, 3.8) is 0 Å². The van der Waals surface area contributed by atoms with Gasteiger partial charge in [-0.3, -0.25) is 4.79 Å². The summed E-state index contributed by atoms with van der Waals surface area (Å²) in [6, 6.07) is 5.63. The lowest BCUT2D eigenvalue weighted by molar-refractivity contribution is -0.122. The van der Waals surface area contributed by atoms with Crippen molar-refractivity contribution in [1.82, 2.24) is 5.32 Å². The summed E-state index contributed by atoms with van der Waals surface area (Å²) in [6.07, 6.45) is 0.269. The van der Waals surface area contributed by atoms with Gasteiger partial charge in [0.05, 0.1) is 19.1 Å². The Labute approximate surface area is 129 Å². The van der Waals surface area contributed by atoms with Gasteiger partial charge in [-0.15, -0.1) is 0 Å². The maximum atomic E-state index is 12.2. The number of ether oxygens (including phenoxy) is 1. The van der Waals surface area contributed by atoms with Crippen LogP contribution < -0.4 is 15.8 Å². The van der Waals surface area contributed by atoms with Gasteiger partial charge in [-0.25, -0.2) is 0 Å². The molecule has 0 heterocycles. The average molecular weight is 343 g/mol. The number of hydrogen-bond acceptors (Lipinski definition) is 3. The van der Waals surface area contributed by atoms with E-state index in [0.717, 1.165) is 10.0 Å². The van der Waals surface area contributed by atoms with Crippen LogP contribution in [-0.4, -0.2) is 25.1 Å². The predicted molar refractivity (Wildman–Crippen MR) is 84.8 cm³/mol. The molecule has 0 saturated heterocycles. The predicted octanol–water partition coefficient (Wildman–Crippen LogP) is 2.49. The minimum atomic E-state index is -0.393. The Hall–Kier alpha value is -1.07. The van der Waals surface area contributed by atoms with Crippen LogP contribution in [-0.2, 0) is 11.2 Å². The van der Waals surface area contributed by atoms with Gasteiger partial charge in [0.25, 0.3) is 0 Å². The number of carbonyl (C=O) groups is 1. The molecule has 1 aromatic rings. The van der Waals surface area contributed by atoms with Crippen molar-refractivity contribution >= 4 is 21.8 Å². The normalized spacial score (nSPS) is 13.9. The van der Waals surface area contributed by atoms with Crippen molar-refractivity contribution in [2.75, 3.05) is 13.7 Å². The lowest BCUT2D eigenvalue weighted by Gasteiger charge is -2.33. The molecule has 4 nitrogen and oxygen atoms in total. The topological polar surface area (TPSA) is 64.3 Å². The lowest BCUT2D eigenvalue weighted by atomic mass is 9.88. The van der Waals surface area contributed by atoms with E-state index in [1.165, 1.54) is 0 Å². The van der Waals surface area contributed by atoms with Crippen LogP contribution in [0.1, 0.15) is 26.3 Å². The highest BCUT2D eigenvalue weighted by Crippen LogP contribution is 2.24. The van der Waals surface area contributed by atoms with E-state index in [-0.39, 0.29) is 18.2 Å². The van der Waals surface area contributed by atoms with Gasteiger partial charge in [-0.05, 0) is 31.0 Å². The summed E-state index contributed by atoms with van der Waals surface area (Å²) in [5.41, 5.74) is 6.24. The van der Waals surface area contributed by atoms with Crippen LogP contribution in [0.3, 0.4) is 0 Å². The number of methoxy groups -OCH3 is 1. The highest BCUT2D eigenvalue weighted by molar-refractivity contribution is 9.10. The summed E-state index contributed by atoms with van der Waals surface area (Å²) in [5, 5.41) is 3.03. The molecule has 3 N–H and O–H groups in total. The Morgan fingerprint density at radius 2 is 2.15 bits per heavy atom. The van der Waals surface area contributed by atoms with Gasteiger partial charge in [0.15, 0.2) is 0 Å². The van der Waals surface area contributed by atoms with E-state index in [1.54, 1.807) is 7.11 Å². The smallest absolute Gasteiger partial charge is 0.225 e. The molecule has 1 atom stereocenters. The third-order valence-electron chi connectivity index (χ3n) is 3.72. The van der Waals surface area contributed by atoms with Crippen molar-refractivity contribution in [3.05, 3.63) is 28.2 Å². The molecule has 0 aromatic heterocycles. The molecule has 0 saturated carbocycles. The molecule has 1 rings (SSSR count). The van der Waals surface area contributed by atoms with Crippen LogP contribution in [0.5, 0.6) is 5.75 Å². The van der Waals surface area contributed by atoms with E-state index in [0.29, 0.717) is 12.3 Å². The molecule has 20 heavy (non-hydrogen) atoms. The maximum Gasteiger partial charge on any atom is 0.225 e. The zero-order valence-electron chi connectivity index (χ0n) is 12.5. The van der Waals surface area contributed by atoms with Gasteiger partial charge in [0.2, 0.25) is 5.91 Å². The number of benzene rings is 1. The minimum Gasteiger partial charge on any atom is -0.496 e. The maximum absolute atomic E-state index is 12.2. The van der Waals surface area contributed by atoms with Crippen LogP contribution in [0.4, 0.5) is 0 Å². The third-order valence-corrected chi connectivity index (χ3v) is 4.21. The van der Waals surface area contributed by atoms with Crippen molar-refractivity contribution < 1.29 is 9.53 Å². The molecule has 0 fully saturated rings. The standard InChI is InChI=1S/C15H23BrN2O2/c1-10(2)15(3,9-17)18-14(19)8-11-7-12(16)5-6-13(11)20-4/h5-7,10H,8-9,17H2,1-4H3,(H,18,19). The van der Waals surface area contributed by atoms with E-state index >= 15 is 0 Å². The zero-order valence-corrected chi connectivity index (χ0v) is 14.1. The Morgan fingerprint density at radius 3 is 2.65 bits per heavy atom. The fourth-order valence-electron chi connectivity index (χ4n) is 1.85. The van der Waals surface area contributed by atoms with Gasteiger partial charge < -0.3 is 15.8 Å². The first kappa shape index (κ1) is 17.0.